The molecule has 0 unspecified atom stereocenters. The van der Waals surface area contributed by atoms with Crippen molar-refractivity contribution < 1.29 is 29.0 Å². The maximum atomic E-state index is 10.6. The van der Waals surface area contributed by atoms with Crippen molar-refractivity contribution in [2.45, 2.75) is 6.42 Å². The molecule has 0 saturated heterocycles. The molecule has 6 nitrogen and oxygen atoms in total. The molecule has 0 aliphatic heterocycles. The van der Waals surface area contributed by atoms with Crippen molar-refractivity contribution in [2.24, 2.45) is 0 Å². The van der Waals surface area contributed by atoms with Crippen LogP contribution in [0.4, 0.5) is 0 Å². The van der Waals surface area contributed by atoms with Crippen LogP contribution in [0, 0.1) is 0 Å². The van der Waals surface area contributed by atoms with Gasteiger partial charge in [-0.1, -0.05) is 6.58 Å². The highest BCUT2D eigenvalue weighted by atomic mass is 16.6. The largest absolute Gasteiger partial charge is 0.481 e. The van der Waals surface area contributed by atoms with Crippen LogP contribution < -0.4 is 0 Å². The van der Waals surface area contributed by atoms with E-state index < -0.39 is 24.3 Å². The summed E-state index contributed by atoms with van der Waals surface area (Å²) < 4.78 is 8.88. The number of hydrogen-bond acceptors (Lipinski definition) is 5. The highest BCUT2D eigenvalue weighted by Crippen LogP contribution is 1.87. The minimum absolute atomic E-state index is 0.115. The van der Waals surface area contributed by atoms with Crippen LogP contribution in [0.5, 0.6) is 0 Å². The topological polar surface area (TPSA) is 89.9 Å². The molecule has 0 aromatic heterocycles. The lowest BCUT2D eigenvalue weighted by atomic mass is 10.4. The Balaban J connectivity index is 3.45. The lowest BCUT2D eigenvalue weighted by Gasteiger charge is -2.02. The fraction of sp³-hybridized carbons (Fsp3) is 0.375. The summed E-state index contributed by atoms with van der Waals surface area (Å²) in [7, 11) is 0. The van der Waals surface area contributed by atoms with E-state index in [4.69, 9.17) is 5.11 Å². The van der Waals surface area contributed by atoms with Crippen LogP contribution in [0.25, 0.3) is 0 Å². The van der Waals surface area contributed by atoms with Gasteiger partial charge in [0.1, 0.15) is 19.6 Å². The molecule has 6 heteroatoms. The number of rotatable bonds is 6. The van der Waals surface area contributed by atoms with Crippen molar-refractivity contribution >= 4 is 17.9 Å². The average Bonchev–Trinajstić information content (AvgIpc) is 2.10. The van der Waals surface area contributed by atoms with Gasteiger partial charge in [0.2, 0.25) is 0 Å². The molecule has 0 rings (SSSR count). The number of aliphatic carboxylic acids is 1. The zero-order valence-electron chi connectivity index (χ0n) is 7.39. The second kappa shape index (κ2) is 6.64. The van der Waals surface area contributed by atoms with Gasteiger partial charge in [0.15, 0.2) is 0 Å². The summed E-state index contributed by atoms with van der Waals surface area (Å²) in [6, 6.07) is 0. The van der Waals surface area contributed by atoms with Crippen LogP contribution >= 0.6 is 0 Å². The van der Waals surface area contributed by atoms with E-state index in [2.05, 4.69) is 16.1 Å². The van der Waals surface area contributed by atoms with Crippen molar-refractivity contribution in [1.82, 2.24) is 0 Å². The van der Waals surface area contributed by atoms with Crippen molar-refractivity contribution in [3.8, 4) is 0 Å². The molecule has 0 fully saturated rings. The Morgan fingerprint density at radius 3 is 2.29 bits per heavy atom. The van der Waals surface area contributed by atoms with Gasteiger partial charge in [0.05, 0.1) is 0 Å². The third kappa shape index (κ3) is 6.84. The van der Waals surface area contributed by atoms with E-state index >= 15 is 0 Å². The predicted octanol–water partition coefficient (Wildman–Crippen LogP) is -0.267. The second-order valence-electron chi connectivity index (χ2n) is 2.16. The number of carbonyl (C=O) groups is 3. The first-order valence-corrected chi connectivity index (χ1v) is 3.73. The maximum Gasteiger partial charge on any atom is 0.330 e. The summed E-state index contributed by atoms with van der Waals surface area (Å²) in [5, 5.41) is 8.17. The number of hydrogen-bond donors (Lipinski definition) is 1. The van der Waals surface area contributed by atoms with Crippen molar-refractivity contribution in [2.75, 3.05) is 13.2 Å². The molecule has 1 N–H and O–H groups in total. The van der Waals surface area contributed by atoms with Crippen molar-refractivity contribution in [3.63, 3.8) is 0 Å². The van der Waals surface area contributed by atoms with E-state index in [0.29, 0.717) is 0 Å². The summed E-state index contributed by atoms with van der Waals surface area (Å²) in [5.74, 6) is -2.76. The Bertz CT molecular complexity index is 244. The number of carbonyl (C=O) groups excluding carboxylic acids is 2. The molecule has 0 spiro atoms. The van der Waals surface area contributed by atoms with E-state index in [9.17, 15) is 14.4 Å². The van der Waals surface area contributed by atoms with E-state index in [1.807, 2.05) is 0 Å². The van der Waals surface area contributed by atoms with Crippen LogP contribution in [0.1, 0.15) is 6.42 Å². The molecule has 0 atom stereocenters. The van der Waals surface area contributed by atoms with Crippen molar-refractivity contribution in [3.05, 3.63) is 12.7 Å². The molecule has 0 amide bonds. The monoisotopic (exact) mass is 202 g/mol. The summed E-state index contributed by atoms with van der Waals surface area (Å²) in [5.41, 5.74) is 0. The summed E-state index contributed by atoms with van der Waals surface area (Å²) in [6.07, 6.45) is 0.272. The van der Waals surface area contributed by atoms with Gasteiger partial charge in [-0.3, -0.25) is 9.59 Å². The fourth-order valence-electron chi connectivity index (χ4n) is 0.531. The minimum atomic E-state index is -1.27. The highest BCUT2D eigenvalue weighted by molar-refractivity contribution is 5.90. The number of carboxylic acid groups (broad SMARTS) is 1. The van der Waals surface area contributed by atoms with Gasteiger partial charge in [0.25, 0.3) is 0 Å². The predicted molar refractivity (Wildman–Crippen MR) is 44.4 cm³/mol. The van der Waals surface area contributed by atoms with Crippen LogP contribution in [0.3, 0.4) is 0 Å². The smallest absolute Gasteiger partial charge is 0.330 e. The first-order chi connectivity index (χ1) is 6.56. The molecule has 0 aliphatic rings. The van der Waals surface area contributed by atoms with E-state index in [1.165, 1.54) is 0 Å². The Kier molecular flexibility index (Phi) is 5.77. The summed E-state index contributed by atoms with van der Waals surface area (Å²) in [4.78, 5) is 31.1. The molecule has 0 radical (unpaired) electrons. The zero-order valence-corrected chi connectivity index (χ0v) is 7.39. The van der Waals surface area contributed by atoms with E-state index in [0.717, 1.165) is 6.08 Å². The standard InChI is InChI=1S/C8H10O6/c1-2-7(11)13-3-4-14-8(12)5-6(9)10/h2H,1,3-5H2,(H,9,10). The van der Waals surface area contributed by atoms with Gasteiger partial charge >= 0.3 is 17.9 Å². The maximum absolute atomic E-state index is 10.6. The first kappa shape index (κ1) is 12.2. The average molecular weight is 202 g/mol. The Morgan fingerprint density at radius 1 is 1.21 bits per heavy atom. The molecule has 0 saturated carbocycles. The van der Waals surface area contributed by atoms with Gasteiger partial charge in [-0.25, -0.2) is 4.79 Å². The van der Waals surface area contributed by atoms with Gasteiger partial charge in [-0.2, -0.15) is 0 Å². The van der Waals surface area contributed by atoms with Gasteiger partial charge in [-0.05, 0) is 0 Å². The van der Waals surface area contributed by atoms with Gasteiger partial charge in [-0.15, -0.1) is 0 Å². The molecule has 0 bridgehead atoms. The molecule has 0 aromatic carbocycles. The Hall–Kier alpha value is -1.85. The van der Waals surface area contributed by atoms with Crippen LogP contribution in [-0.4, -0.2) is 36.2 Å². The minimum Gasteiger partial charge on any atom is -0.481 e. The number of carboxylic acids is 1. The molecule has 0 heterocycles. The second-order valence-corrected chi connectivity index (χ2v) is 2.16. The van der Waals surface area contributed by atoms with Gasteiger partial charge in [0, 0.05) is 6.08 Å². The van der Waals surface area contributed by atoms with E-state index in [1.54, 1.807) is 0 Å². The quantitative estimate of drug-likeness (QED) is 0.276. The van der Waals surface area contributed by atoms with Gasteiger partial charge < -0.3 is 14.6 Å². The zero-order chi connectivity index (χ0) is 11.0. The SMILES string of the molecule is C=CC(=O)OCCOC(=O)CC(=O)O. The Labute approximate surface area is 80.1 Å². The molecular weight excluding hydrogens is 192 g/mol. The summed E-state index contributed by atoms with van der Waals surface area (Å²) in [6.45, 7) is 2.88. The highest BCUT2D eigenvalue weighted by Gasteiger charge is 2.08. The summed E-state index contributed by atoms with van der Waals surface area (Å²) >= 11 is 0. The third-order valence-electron chi connectivity index (χ3n) is 1.05. The molecular formula is C8H10O6. The Morgan fingerprint density at radius 2 is 1.79 bits per heavy atom. The number of esters is 2. The number of ether oxygens (including phenoxy) is 2. The first-order valence-electron chi connectivity index (χ1n) is 3.73. The van der Waals surface area contributed by atoms with Crippen LogP contribution in [0.15, 0.2) is 12.7 Å². The van der Waals surface area contributed by atoms with E-state index in [-0.39, 0.29) is 13.2 Å². The molecule has 0 aromatic rings. The van der Waals surface area contributed by atoms with Crippen LogP contribution in [0.2, 0.25) is 0 Å². The molecule has 78 valence electrons. The molecule has 14 heavy (non-hydrogen) atoms. The van der Waals surface area contributed by atoms with Crippen LogP contribution in [-0.2, 0) is 23.9 Å². The fourth-order valence-corrected chi connectivity index (χ4v) is 0.531. The lowest BCUT2D eigenvalue weighted by Crippen LogP contribution is -2.15. The lowest BCUT2D eigenvalue weighted by molar-refractivity contribution is -0.154. The molecule has 0 aliphatic carbocycles. The van der Waals surface area contributed by atoms with Crippen molar-refractivity contribution in [1.29, 1.82) is 0 Å². The third-order valence-corrected chi connectivity index (χ3v) is 1.05. The normalized spacial score (nSPS) is 8.86.